The largest absolute Gasteiger partial charge is 0.396 e. The van der Waals surface area contributed by atoms with Gasteiger partial charge in [-0.1, -0.05) is 0 Å². The normalized spacial score (nSPS) is 12.5. The predicted molar refractivity (Wildman–Crippen MR) is 61.4 cm³/mol. The Kier molecular flexibility index (Phi) is 5.91. The molecule has 0 fully saturated rings. The minimum Gasteiger partial charge on any atom is -0.396 e. The van der Waals surface area contributed by atoms with Crippen LogP contribution < -0.4 is 10.0 Å². The highest BCUT2D eigenvalue weighted by atomic mass is 32.2. The smallest absolute Gasteiger partial charge is 0.220 e. The minimum absolute atomic E-state index is 0.0294. The van der Waals surface area contributed by atoms with Gasteiger partial charge in [-0.05, 0) is 20.3 Å². The first-order valence-electron chi connectivity index (χ1n) is 5.03. The Bertz CT molecular complexity index is 324. The summed E-state index contributed by atoms with van der Waals surface area (Å²) in [6.45, 7) is 3.55. The summed E-state index contributed by atoms with van der Waals surface area (Å²) >= 11 is 0. The van der Waals surface area contributed by atoms with E-state index in [0.717, 1.165) is 6.26 Å². The Morgan fingerprint density at radius 3 is 2.38 bits per heavy atom. The van der Waals surface area contributed by atoms with Crippen LogP contribution in [0.3, 0.4) is 0 Å². The number of hydrogen-bond acceptors (Lipinski definition) is 4. The quantitative estimate of drug-likeness (QED) is 0.553. The third-order valence-electron chi connectivity index (χ3n) is 1.75. The Balaban J connectivity index is 4.04. The van der Waals surface area contributed by atoms with Crippen molar-refractivity contribution in [2.45, 2.75) is 32.2 Å². The number of sulfonamides is 1. The molecule has 0 rings (SSSR count). The predicted octanol–water partition coefficient (Wildman–Crippen LogP) is -0.797. The minimum atomic E-state index is -3.29. The van der Waals surface area contributed by atoms with Gasteiger partial charge in [0.05, 0.1) is 6.26 Å². The molecule has 0 saturated heterocycles. The summed E-state index contributed by atoms with van der Waals surface area (Å²) in [5.41, 5.74) is -0.720. The number of hydrogen-bond donors (Lipinski definition) is 3. The Morgan fingerprint density at radius 2 is 1.94 bits per heavy atom. The van der Waals surface area contributed by atoms with Crippen molar-refractivity contribution in [2.24, 2.45) is 0 Å². The molecule has 0 heterocycles. The molecule has 0 saturated carbocycles. The molecule has 0 aliphatic heterocycles. The van der Waals surface area contributed by atoms with E-state index in [1.165, 1.54) is 0 Å². The SMILES string of the molecule is CC(C)(CNC(=O)CCCO)NS(C)(=O)=O. The van der Waals surface area contributed by atoms with Gasteiger partial charge in [0.1, 0.15) is 0 Å². The number of aliphatic hydroxyl groups excluding tert-OH is 1. The molecular weight excluding hydrogens is 232 g/mol. The fourth-order valence-electron chi connectivity index (χ4n) is 1.19. The molecule has 0 unspecified atom stereocenters. The zero-order valence-corrected chi connectivity index (χ0v) is 10.7. The third-order valence-corrected chi connectivity index (χ3v) is 2.67. The van der Waals surface area contributed by atoms with Gasteiger partial charge in [0, 0.05) is 25.1 Å². The van der Waals surface area contributed by atoms with E-state index in [1.54, 1.807) is 13.8 Å². The number of carbonyl (C=O) groups is 1. The second-order valence-corrected chi connectivity index (χ2v) is 6.11. The maximum Gasteiger partial charge on any atom is 0.220 e. The molecule has 6 nitrogen and oxygen atoms in total. The van der Waals surface area contributed by atoms with Crippen LogP contribution in [0.4, 0.5) is 0 Å². The van der Waals surface area contributed by atoms with Crippen molar-refractivity contribution in [1.29, 1.82) is 0 Å². The molecule has 96 valence electrons. The number of amides is 1. The Labute approximate surface area is 96.5 Å². The highest BCUT2D eigenvalue weighted by Gasteiger charge is 2.22. The van der Waals surface area contributed by atoms with Gasteiger partial charge in [-0.25, -0.2) is 13.1 Å². The van der Waals surface area contributed by atoms with Crippen molar-refractivity contribution >= 4 is 15.9 Å². The van der Waals surface area contributed by atoms with Crippen molar-refractivity contribution in [3.05, 3.63) is 0 Å². The van der Waals surface area contributed by atoms with E-state index in [1.807, 2.05) is 0 Å². The summed E-state index contributed by atoms with van der Waals surface area (Å²) in [4.78, 5) is 11.2. The van der Waals surface area contributed by atoms with E-state index in [4.69, 9.17) is 5.11 Å². The molecule has 0 aromatic rings. The van der Waals surface area contributed by atoms with Gasteiger partial charge in [-0.2, -0.15) is 0 Å². The van der Waals surface area contributed by atoms with Gasteiger partial charge < -0.3 is 10.4 Å². The van der Waals surface area contributed by atoms with Crippen LogP contribution in [0.15, 0.2) is 0 Å². The summed E-state index contributed by atoms with van der Waals surface area (Å²) in [6.07, 6.45) is 1.72. The summed E-state index contributed by atoms with van der Waals surface area (Å²) in [7, 11) is -3.29. The van der Waals surface area contributed by atoms with Crippen LogP contribution in [0, 0.1) is 0 Å². The number of rotatable bonds is 7. The van der Waals surface area contributed by atoms with Crippen LogP contribution in [-0.2, 0) is 14.8 Å². The van der Waals surface area contributed by atoms with E-state index >= 15 is 0 Å². The first-order chi connectivity index (χ1) is 7.16. The second-order valence-electron chi connectivity index (χ2n) is 4.36. The summed E-state index contributed by atoms with van der Waals surface area (Å²) in [5.74, 6) is -0.197. The Hall–Kier alpha value is -0.660. The van der Waals surface area contributed by atoms with Gasteiger partial charge in [0.25, 0.3) is 0 Å². The molecular formula is C9H20N2O4S. The van der Waals surface area contributed by atoms with Gasteiger partial charge >= 0.3 is 0 Å². The maximum absolute atomic E-state index is 11.2. The molecule has 0 bridgehead atoms. The highest BCUT2D eigenvalue weighted by molar-refractivity contribution is 7.88. The third kappa shape index (κ3) is 8.63. The number of carbonyl (C=O) groups excluding carboxylic acids is 1. The average Bonchev–Trinajstić information content (AvgIpc) is 2.07. The van der Waals surface area contributed by atoms with Crippen molar-refractivity contribution < 1.29 is 18.3 Å². The lowest BCUT2D eigenvalue weighted by Gasteiger charge is -2.25. The molecule has 16 heavy (non-hydrogen) atoms. The molecule has 0 spiro atoms. The lowest BCUT2D eigenvalue weighted by Crippen LogP contribution is -2.50. The molecule has 1 amide bonds. The van der Waals surface area contributed by atoms with Crippen molar-refractivity contribution in [1.82, 2.24) is 10.0 Å². The summed E-state index contributed by atoms with van der Waals surface area (Å²) < 4.78 is 24.4. The Morgan fingerprint density at radius 1 is 1.38 bits per heavy atom. The van der Waals surface area contributed by atoms with Crippen LogP contribution in [0.1, 0.15) is 26.7 Å². The summed E-state index contributed by atoms with van der Waals surface area (Å²) in [6, 6.07) is 0. The first-order valence-corrected chi connectivity index (χ1v) is 6.92. The molecule has 0 radical (unpaired) electrons. The summed E-state index contributed by atoms with van der Waals surface area (Å²) in [5, 5.41) is 11.1. The monoisotopic (exact) mass is 252 g/mol. The van der Waals surface area contributed by atoms with Crippen LogP contribution in [0.5, 0.6) is 0 Å². The van der Waals surface area contributed by atoms with Crippen molar-refractivity contribution in [2.75, 3.05) is 19.4 Å². The molecule has 0 atom stereocenters. The van der Waals surface area contributed by atoms with Crippen LogP contribution in [-0.4, -0.2) is 44.4 Å². The van der Waals surface area contributed by atoms with Crippen molar-refractivity contribution in [3.63, 3.8) is 0 Å². The van der Waals surface area contributed by atoms with E-state index in [9.17, 15) is 13.2 Å². The van der Waals surface area contributed by atoms with Crippen molar-refractivity contribution in [3.8, 4) is 0 Å². The zero-order chi connectivity index (χ0) is 12.8. The standard InChI is InChI=1S/C9H20N2O4S/c1-9(2,11-16(3,14)15)7-10-8(13)5-4-6-12/h11-12H,4-7H2,1-3H3,(H,10,13). The molecule has 0 aliphatic carbocycles. The van der Waals surface area contributed by atoms with Crippen LogP contribution in [0.2, 0.25) is 0 Å². The lowest BCUT2D eigenvalue weighted by atomic mass is 10.1. The van der Waals surface area contributed by atoms with E-state index in [-0.39, 0.29) is 25.5 Å². The lowest BCUT2D eigenvalue weighted by molar-refractivity contribution is -0.121. The van der Waals surface area contributed by atoms with Crippen LogP contribution in [0.25, 0.3) is 0 Å². The van der Waals surface area contributed by atoms with E-state index < -0.39 is 15.6 Å². The maximum atomic E-state index is 11.2. The van der Waals surface area contributed by atoms with Gasteiger partial charge in [0.2, 0.25) is 15.9 Å². The van der Waals surface area contributed by atoms with E-state index in [0.29, 0.717) is 6.42 Å². The number of aliphatic hydroxyl groups is 1. The van der Waals surface area contributed by atoms with Gasteiger partial charge in [0.15, 0.2) is 0 Å². The zero-order valence-electron chi connectivity index (χ0n) is 9.91. The molecule has 0 aromatic carbocycles. The molecule has 3 N–H and O–H groups in total. The van der Waals surface area contributed by atoms with E-state index in [2.05, 4.69) is 10.0 Å². The second kappa shape index (κ2) is 6.17. The average molecular weight is 252 g/mol. The number of nitrogens with one attached hydrogen (secondary N) is 2. The topological polar surface area (TPSA) is 95.5 Å². The molecule has 0 aromatic heterocycles. The first kappa shape index (κ1) is 15.3. The fraction of sp³-hybridized carbons (Fsp3) is 0.889. The fourth-order valence-corrected chi connectivity index (χ4v) is 2.26. The molecule has 7 heteroatoms. The van der Waals surface area contributed by atoms with Gasteiger partial charge in [-0.3, -0.25) is 4.79 Å². The van der Waals surface area contributed by atoms with Crippen LogP contribution >= 0.6 is 0 Å². The molecule has 0 aliphatic rings. The van der Waals surface area contributed by atoms with Gasteiger partial charge in [-0.15, -0.1) is 0 Å². The highest BCUT2D eigenvalue weighted by Crippen LogP contribution is 2.02.